The van der Waals surface area contributed by atoms with E-state index in [1.54, 1.807) is 4.45 Å². The van der Waals surface area contributed by atoms with Crippen molar-refractivity contribution in [2.75, 3.05) is 0 Å². The first-order valence-corrected chi connectivity index (χ1v) is 8.57. The van der Waals surface area contributed by atoms with Crippen molar-refractivity contribution in [2.24, 2.45) is 0 Å². The molecule has 1 atom stereocenters. The number of hydrogen-bond acceptors (Lipinski definition) is 3. The molecule has 1 N–H and O–H groups in total. The van der Waals surface area contributed by atoms with Crippen molar-refractivity contribution in [3.05, 3.63) is 20.2 Å². The second-order valence-corrected chi connectivity index (χ2v) is 5.49. The smallest absolute Gasteiger partial charge is 0.264 e. The van der Waals surface area contributed by atoms with Crippen molar-refractivity contribution in [2.45, 2.75) is 0 Å². The number of halogens is 3. The van der Waals surface area contributed by atoms with Crippen LogP contribution in [0.3, 0.4) is 0 Å². The van der Waals surface area contributed by atoms with Crippen LogP contribution in [0.25, 0.3) is 11.0 Å². The number of nitrogens with zero attached hydrogens (tertiary/aromatic N) is 3. The molecule has 0 aliphatic carbocycles. The molecule has 0 saturated heterocycles. The molecular weight excluding hydrogens is 405 g/mol. The average Bonchev–Trinajstić information content (AvgIpc) is 2.42. The van der Waals surface area contributed by atoms with Crippen molar-refractivity contribution in [1.29, 1.82) is 0 Å². The third-order valence-electron chi connectivity index (χ3n) is 1.55. The topological polar surface area (TPSA) is 63.6 Å². The predicted octanol–water partition coefficient (Wildman–Crippen LogP) is 2.33. The number of aromatic nitrogens is 4. The van der Waals surface area contributed by atoms with Gasteiger partial charge < -0.3 is 0 Å². The first-order chi connectivity index (χ1) is 6.63. The maximum absolute atomic E-state index is 11.5. The Balaban J connectivity index is 2.96. The molecule has 0 fully saturated rings. The van der Waals surface area contributed by atoms with Crippen LogP contribution in [0.5, 0.6) is 0 Å². The van der Waals surface area contributed by atoms with Crippen LogP contribution in [0.1, 0.15) is 0 Å². The molecular formula is C5H2BrClIN4OP. The molecule has 0 bridgehead atoms. The van der Waals surface area contributed by atoms with Crippen LogP contribution in [0.4, 0.5) is 0 Å². The van der Waals surface area contributed by atoms with E-state index in [4.69, 9.17) is 11.6 Å². The van der Waals surface area contributed by atoms with Crippen molar-refractivity contribution >= 4 is 67.0 Å². The number of H-pyrrole nitrogens is 1. The molecule has 0 spiro atoms. The van der Waals surface area contributed by atoms with Gasteiger partial charge in [0.1, 0.15) is 9.99 Å². The van der Waals surface area contributed by atoms with Crippen LogP contribution in [0, 0.1) is 0 Å². The lowest BCUT2D eigenvalue weighted by molar-refractivity contribution is 1.00. The van der Waals surface area contributed by atoms with Crippen LogP contribution in [-0.2, 0) is 0 Å². The number of nitrogens with one attached hydrogen (secondary N) is 1. The first kappa shape index (κ1) is 10.8. The van der Waals surface area contributed by atoms with E-state index in [1.807, 2.05) is 0 Å². The summed E-state index contributed by atoms with van der Waals surface area (Å²) in [4.78, 5) is 17.9. The molecule has 5 nitrogen and oxygen atoms in total. The fourth-order valence-corrected chi connectivity index (χ4v) is 3.23. The first-order valence-electron chi connectivity index (χ1n) is 3.34. The van der Waals surface area contributed by atoms with Crippen molar-refractivity contribution in [3.8, 4) is 0 Å². The molecule has 0 aliphatic rings. The molecule has 2 aromatic heterocycles. The molecule has 14 heavy (non-hydrogen) atoms. The molecule has 2 rings (SSSR count). The summed E-state index contributed by atoms with van der Waals surface area (Å²) in [6, 6.07) is 0. The third-order valence-corrected chi connectivity index (χ3v) is 4.12. The minimum absolute atomic E-state index is 0.0748. The fraction of sp³-hybridized carbons (Fsp3) is 0. The summed E-state index contributed by atoms with van der Waals surface area (Å²) < 4.78 is 2.11. The molecule has 0 aromatic carbocycles. The Hall–Kier alpha value is 0.280. The van der Waals surface area contributed by atoms with Crippen molar-refractivity contribution in [3.63, 3.8) is 0 Å². The highest BCUT2D eigenvalue weighted by atomic mass is 127. The van der Waals surface area contributed by atoms with Gasteiger partial charge in [-0.25, -0.2) is 4.45 Å². The SMILES string of the molecule is O=c1[nH]c(Cl)nc2c1c(Br)nn2PI. The Labute approximate surface area is 106 Å². The lowest BCUT2D eigenvalue weighted by Gasteiger charge is -1.94. The van der Waals surface area contributed by atoms with Crippen LogP contribution < -0.4 is 5.56 Å². The largest absolute Gasteiger partial charge is 0.296 e. The Morgan fingerprint density at radius 1 is 1.64 bits per heavy atom. The zero-order chi connectivity index (χ0) is 10.3. The normalized spacial score (nSPS) is 11.9. The van der Waals surface area contributed by atoms with Crippen molar-refractivity contribution < 1.29 is 0 Å². The lowest BCUT2D eigenvalue weighted by Crippen LogP contribution is -2.07. The minimum Gasteiger partial charge on any atom is -0.296 e. The summed E-state index contributed by atoms with van der Waals surface area (Å²) in [5.74, 6) is 0. The summed E-state index contributed by atoms with van der Waals surface area (Å²) in [6.07, 6.45) is 0.369. The van der Waals surface area contributed by atoms with Gasteiger partial charge in [0.25, 0.3) is 5.56 Å². The van der Waals surface area contributed by atoms with Gasteiger partial charge in [0.15, 0.2) is 5.65 Å². The van der Waals surface area contributed by atoms with Crippen LogP contribution in [-0.4, -0.2) is 19.5 Å². The zero-order valence-corrected chi connectivity index (χ0v) is 11.9. The van der Waals surface area contributed by atoms with Gasteiger partial charge >= 0.3 is 0 Å². The molecule has 9 heteroatoms. The molecule has 0 aliphatic heterocycles. The number of rotatable bonds is 1. The summed E-state index contributed by atoms with van der Waals surface area (Å²) in [6.45, 7) is 0. The van der Waals surface area contributed by atoms with Gasteiger partial charge in [-0.15, -0.1) is 0 Å². The second kappa shape index (κ2) is 4.03. The monoisotopic (exact) mass is 406 g/mol. The molecule has 1 unspecified atom stereocenters. The maximum atomic E-state index is 11.5. The van der Waals surface area contributed by atoms with Crippen molar-refractivity contribution in [1.82, 2.24) is 19.5 Å². The molecule has 2 aromatic rings. The Morgan fingerprint density at radius 2 is 2.36 bits per heavy atom. The van der Waals surface area contributed by atoms with Gasteiger partial charge in [-0.3, -0.25) is 9.78 Å². The fourth-order valence-electron chi connectivity index (χ4n) is 1.02. The Kier molecular flexibility index (Phi) is 3.11. The number of fused-ring (bicyclic) bond motifs is 1. The minimum atomic E-state index is -0.284. The van der Waals surface area contributed by atoms with Gasteiger partial charge in [-0.1, -0.05) is 0 Å². The summed E-state index contributed by atoms with van der Waals surface area (Å²) in [5.41, 5.74) is 0.214. The third kappa shape index (κ3) is 1.70. The van der Waals surface area contributed by atoms with E-state index in [9.17, 15) is 4.79 Å². The van der Waals surface area contributed by atoms with Gasteiger partial charge in [-0.2, -0.15) is 10.1 Å². The highest BCUT2D eigenvalue weighted by Gasteiger charge is 2.13. The van der Waals surface area contributed by atoms with E-state index in [0.29, 0.717) is 22.0 Å². The summed E-state index contributed by atoms with van der Waals surface area (Å²) in [5, 5.41) is 4.61. The molecule has 2 heterocycles. The summed E-state index contributed by atoms with van der Waals surface area (Å²) >= 11 is 11.0. The number of hydrogen-bond donors (Lipinski definition) is 1. The van der Waals surface area contributed by atoms with E-state index in [-0.39, 0.29) is 10.8 Å². The Morgan fingerprint density at radius 3 is 3.00 bits per heavy atom. The Bertz CT molecular complexity index is 554. The zero-order valence-electron chi connectivity index (χ0n) is 6.38. The van der Waals surface area contributed by atoms with Crippen LogP contribution in [0.2, 0.25) is 5.28 Å². The van der Waals surface area contributed by atoms with E-state index < -0.39 is 0 Å². The van der Waals surface area contributed by atoms with E-state index in [0.717, 1.165) is 0 Å². The average molecular weight is 407 g/mol. The highest BCUT2D eigenvalue weighted by Crippen LogP contribution is 2.29. The molecule has 0 saturated carbocycles. The van der Waals surface area contributed by atoms with E-state index >= 15 is 0 Å². The standard InChI is InChI=1S/C5H2BrClIN4OP/c6-2-1-3(12(11-2)14-8)9-5(7)10-4(1)13/h14H,(H,9,10,13). The lowest BCUT2D eigenvalue weighted by atomic mass is 10.4. The maximum Gasteiger partial charge on any atom is 0.264 e. The molecule has 0 amide bonds. The van der Waals surface area contributed by atoms with Crippen LogP contribution in [0.15, 0.2) is 9.40 Å². The van der Waals surface area contributed by atoms with E-state index in [2.05, 4.69) is 53.0 Å². The molecule has 74 valence electrons. The van der Waals surface area contributed by atoms with Gasteiger partial charge in [-0.05, 0) is 49.6 Å². The van der Waals surface area contributed by atoms with Crippen LogP contribution >= 0.6 is 55.9 Å². The highest BCUT2D eigenvalue weighted by molar-refractivity contribution is 14.2. The van der Waals surface area contributed by atoms with Gasteiger partial charge in [0, 0.05) is 0 Å². The molecule has 0 radical (unpaired) electrons. The van der Waals surface area contributed by atoms with E-state index in [1.165, 1.54) is 0 Å². The quantitative estimate of drug-likeness (QED) is 0.449. The van der Waals surface area contributed by atoms with Gasteiger partial charge in [0.05, 0.1) is 6.37 Å². The second-order valence-electron chi connectivity index (χ2n) is 2.34. The van der Waals surface area contributed by atoms with Gasteiger partial charge in [0.2, 0.25) is 5.28 Å². The summed E-state index contributed by atoms with van der Waals surface area (Å²) in [7, 11) is 0. The predicted molar refractivity (Wildman–Crippen MR) is 68.6 cm³/mol. The number of aromatic amines is 1.